The highest BCUT2D eigenvalue weighted by Gasteiger charge is 2.19. The Hall–Kier alpha value is -3.00. The Morgan fingerprint density at radius 3 is 2.48 bits per heavy atom. The molecule has 0 unspecified atom stereocenters. The third-order valence-corrected chi connectivity index (χ3v) is 4.47. The summed E-state index contributed by atoms with van der Waals surface area (Å²) in [6.45, 7) is 4.03. The van der Waals surface area contributed by atoms with E-state index in [0.717, 1.165) is 32.1 Å². The first-order chi connectivity index (χ1) is 13.2. The van der Waals surface area contributed by atoms with Gasteiger partial charge in [0.2, 0.25) is 11.9 Å². The van der Waals surface area contributed by atoms with E-state index >= 15 is 0 Å². The maximum atomic E-state index is 12.3. The van der Waals surface area contributed by atoms with E-state index < -0.39 is 5.97 Å². The van der Waals surface area contributed by atoms with E-state index in [1.807, 2.05) is 0 Å². The van der Waals surface area contributed by atoms with Crippen LogP contribution < -0.4 is 10.2 Å². The number of anilines is 2. The lowest BCUT2D eigenvalue weighted by Gasteiger charge is -2.34. The Morgan fingerprint density at radius 2 is 1.78 bits per heavy atom. The van der Waals surface area contributed by atoms with Crippen LogP contribution in [0.25, 0.3) is 0 Å². The zero-order valence-electron chi connectivity index (χ0n) is 15.3. The molecule has 1 aromatic heterocycles. The third-order valence-electron chi connectivity index (χ3n) is 4.47. The molecule has 0 atom stereocenters. The summed E-state index contributed by atoms with van der Waals surface area (Å²) in [6, 6.07) is 8.64. The largest absolute Gasteiger partial charge is 0.465 e. The molecule has 3 rings (SSSR count). The number of para-hydroxylation sites is 1. The SMILES string of the molecule is COC(=O)c1ccccc1NC(=O)CCN1CCN(c2ncccn2)CC1. The van der Waals surface area contributed by atoms with E-state index in [-0.39, 0.29) is 5.91 Å². The van der Waals surface area contributed by atoms with E-state index in [0.29, 0.717) is 24.2 Å². The molecule has 2 heterocycles. The van der Waals surface area contributed by atoms with Crippen molar-refractivity contribution in [1.29, 1.82) is 0 Å². The van der Waals surface area contributed by atoms with Crippen molar-refractivity contribution in [2.75, 3.05) is 50.1 Å². The minimum Gasteiger partial charge on any atom is -0.465 e. The van der Waals surface area contributed by atoms with Crippen LogP contribution in [0.15, 0.2) is 42.7 Å². The minimum absolute atomic E-state index is 0.125. The normalized spacial score (nSPS) is 14.6. The van der Waals surface area contributed by atoms with Crippen molar-refractivity contribution in [3.05, 3.63) is 48.3 Å². The highest BCUT2D eigenvalue weighted by Crippen LogP contribution is 2.16. The number of carbonyl (C=O) groups excluding carboxylic acids is 2. The predicted octanol–water partition coefficient (Wildman–Crippen LogP) is 1.41. The highest BCUT2D eigenvalue weighted by atomic mass is 16.5. The number of hydrogen-bond acceptors (Lipinski definition) is 7. The topological polar surface area (TPSA) is 87.7 Å². The monoisotopic (exact) mass is 369 g/mol. The molecule has 0 bridgehead atoms. The molecule has 142 valence electrons. The van der Waals surface area contributed by atoms with Crippen LogP contribution in [0.4, 0.5) is 11.6 Å². The number of ether oxygens (including phenoxy) is 1. The van der Waals surface area contributed by atoms with Gasteiger partial charge in [0.15, 0.2) is 0 Å². The smallest absolute Gasteiger partial charge is 0.339 e. The van der Waals surface area contributed by atoms with Crippen LogP contribution in [0, 0.1) is 0 Å². The fraction of sp³-hybridized carbons (Fsp3) is 0.368. The summed E-state index contributed by atoms with van der Waals surface area (Å²) in [5, 5.41) is 2.80. The lowest BCUT2D eigenvalue weighted by atomic mass is 10.1. The molecule has 2 aromatic rings. The Balaban J connectivity index is 1.46. The van der Waals surface area contributed by atoms with Crippen molar-refractivity contribution >= 4 is 23.5 Å². The number of nitrogens with one attached hydrogen (secondary N) is 1. The van der Waals surface area contributed by atoms with Crippen LogP contribution in [0.3, 0.4) is 0 Å². The first kappa shape index (κ1) is 18.8. The van der Waals surface area contributed by atoms with Crippen molar-refractivity contribution in [2.45, 2.75) is 6.42 Å². The summed E-state index contributed by atoms with van der Waals surface area (Å²) in [6.07, 6.45) is 3.84. The van der Waals surface area contributed by atoms with Crippen LogP contribution in [-0.4, -0.2) is 66.6 Å². The molecule has 0 aliphatic carbocycles. The average Bonchev–Trinajstić information content (AvgIpc) is 2.73. The van der Waals surface area contributed by atoms with E-state index in [9.17, 15) is 9.59 Å². The number of amides is 1. The van der Waals surface area contributed by atoms with Gasteiger partial charge in [0, 0.05) is 51.5 Å². The Labute approximate surface area is 158 Å². The first-order valence-electron chi connectivity index (χ1n) is 8.89. The molecule has 1 N–H and O–H groups in total. The van der Waals surface area contributed by atoms with E-state index in [2.05, 4.69) is 25.1 Å². The molecular weight excluding hydrogens is 346 g/mol. The second-order valence-electron chi connectivity index (χ2n) is 6.21. The first-order valence-corrected chi connectivity index (χ1v) is 8.89. The summed E-state index contributed by atoms with van der Waals surface area (Å²) in [5.41, 5.74) is 0.824. The lowest BCUT2D eigenvalue weighted by molar-refractivity contribution is -0.116. The molecule has 1 aliphatic heterocycles. The molecule has 1 aromatic carbocycles. The minimum atomic E-state index is -0.467. The van der Waals surface area contributed by atoms with Gasteiger partial charge < -0.3 is 15.0 Å². The van der Waals surface area contributed by atoms with Crippen molar-refractivity contribution in [2.24, 2.45) is 0 Å². The molecule has 0 radical (unpaired) electrons. The van der Waals surface area contributed by atoms with E-state index in [1.165, 1.54) is 7.11 Å². The second-order valence-corrected chi connectivity index (χ2v) is 6.21. The molecule has 27 heavy (non-hydrogen) atoms. The Kier molecular flexibility index (Phi) is 6.32. The summed E-state index contributed by atoms with van der Waals surface area (Å²) >= 11 is 0. The molecule has 8 nitrogen and oxygen atoms in total. The van der Waals surface area contributed by atoms with Gasteiger partial charge in [-0.2, -0.15) is 0 Å². The number of esters is 1. The van der Waals surface area contributed by atoms with Gasteiger partial charge in [-0.05, 0) is 18.2 Å². The van der Waals surface area contributed by atoms with Gasteiger partial charge in [-0.3, -0.25) is 9.69 Å². The lowest BCUT2D eigenvalue weighted by Crippen LogP contribution is -2.47. The summed E-state index contributed by atoms with van der Waals surface area (Å²) in [7, 11) is 1.32. The van der Waals surface area contributed by atoms with Crippen molar-refractivity contribution < 1.29 is 14.3 Å². The Bertz CT molecular complexity index is 776. The van der Waals surface area contributed by atoms with Crippen LogP contribution in [0.1, 0.15) is 16.8 Å². The van der Waals surface area contributed by atoms with Gasteiger partial charge in [-0.1, -0.05) is 12.1 Å². The zero-order chi connectivity index (χ0) is 19.1. The summed E-state index contributed by atoms with van der Waals surface area (Å²) in [5.74, 6) is 0.152. The number of nitrogens with zero attached hydrogens (tertiary/aromatic N) is 4. The fourth-order valence-electron chi connectivity index (χ4n) is 2.98. The number of rotatable bonds is 6. The molecule has 1 aliphatic rings. The molecule has 1 saturated heterocycles. The maximum absolute atomic E-state index is 12.3. The molecule has 8 heteroatoms. The number of aromatic nitrogens is 2. The quantitative estimate of drug-likeness (QED) is 0.771. The summed E-state index contributed by atoms with van der Waals surface area (Å²) in [4.78, 5) is 37.0. The Morgan fingerprint density at radius 1 is 1.07 bits per heavy atom. The van der Waals surface area contributed by atoms with Gasteiger partial charge in [-0.15, -0.1) is 0 Å². The molecule has 1 amide bonds. The van der Waals surface area contributed by atoms with Crippen LogP contribution in [0.5, 0.6) is 0 Å². The number of benzene rings is 1. The molecule has 1 fully saturated rings. The van der Waals surface area contributed by atoms with Crippen molar-refractivity contribution in [3.63, 3.8) is 0 Å². The van der Waals surface area contributed by atoms with Gasteiger partial charge >= 0.3 is 5.97 Å². The van der Waals surface area contributed by atoms with Gasteiger partial charge in [0.25, 0.3) is 0 Å². The molecule has 0 spiro atoms. The second kappa shape index (κ2) is 9.09. The maximum Gasteiger partial charge on any atom is 0.339 e. The van der Waals surface area contributed by atoms with Crippen LogP contribution in [-0.2, 0) is 9.53 Å². The number of carbonyl (C=O) groups is 2. The van der Waals surface area contributed by atoms with Gasteiger partial charge in [-0.25, -0.2) is 14.8 Å². The van der Waals surface area contributed by atoms with Gasteiger partial charge in [0.1, 0.15) is 0 Å². The molecular formula is C19H23N5O3. The zero-order valence-corrected chi connectivity index (χ0v) is 15.3. The van der Waals surface area contributed by atoms with Crippen LogP contribution in [0.2, 0.25) is 0 Å². The predicted molar refractivity (Wildman–Crippen MR) is 102 cm³/mol. The summed E-state index contributed by atoms with van der Waals surface area (Å²) < 4.78 is 4.75. The van der Waals surface area contributed by atoms with E-state index in [4.69, 9.17) is 4.74 Å². The third kappa shape index (κ3) is 5.01. The number of hydrogen-bond donors (Lipinski definition) is 1. The number of piperazine rings is 1. The average molecular weight is 369 g/mol. The standard InChI is InChI=1S/C19H23N5O3/c1-27-18(26)15-5-2-3-6-16(15)22-17(25)7-10-23-11-13-24(14-12-23)19-20-8-4-9-21-19/h2-6,8-9H,7,10-14H2,1H3,(H,22,25). The fourth-order valence-corrected chi connectivity index (χ4v) is 2.98. The highest BCUT2D eigenvalue weighted by molar-refractivity contribution is 6.01. The number of methoxy groups -OCH3 is 1. The van der Waals surface area contributed by atoms with Gasteiger partial charge in [0.05, 0.1) is 18.4 Å². The van der Waals surface area contributed by atoms with Crippen LogP contribution >= 0.6 is 0 Å². The van der Waals surface area contributed by atoms with Crippen molar-refractivity contribution in [3.8, 4) is 0 Å². The van der Waals surface area contributed by atoms with Crippen molar-refractivity contribution in [1.82, 2.24) is 14.9 Å². The molecule has 0 saturated carbocycles. The van der Waals surface area contributed by atoms with E-state index in [1.54, 1.807) is 42.7 Å².